The lowest BCUT2D eigenvalue weighted by Crippen LogP contribution is -2.38. The molecule has 3 aromatic rings. The van der Waals surface area contributed by atoms with Gasteiger partial charge in [-0.25, -0.2) is 8.42 Å². The van der Waals surface area contributed by atoms with Crippen molar-refractivity contribution in [3.8, 4) is 17.1 Å². The molecule has 0 atom stereocenters. The van der Waals surface area contributed by atoms with Crippen LogP contribution in [0.2, 0.25) is 0 Å². The van der Waals surface area contributed by atoms with Gasteiger partial charge >= 0.3 is 0 Å². The summed E-state index contributed by atoms with van der Waals surface area (Å²) in [7, 11) is -2.09. The Morgan fingerprint density at radius 3 is 2.31 bits per heavy atom. The number of rotatable bonds is 8. The van der Waals surface area contributed by atoms with Crippen molar-refractivity contribution in [1.82, 2.24) is 14.4 Å². The molecule has 0 aliphatic heterocycles. The van der Waals surface area contributed by atoms with Gasteiger partial charge in [0.15, 0.2) is 0 Å². The van der Waals surface area contributed by atoms with Gasteiger partial charge in [0.25, 0.3) is 0 Å². The number of aromatic nitrogens is 2. The van der Waals surface area contributed by atoms with Crippen LogP contribution in [0.4, 0.5) is 0 Å². The number of hydrogen-bond acceptors (Lipinski definition) is 6. The monoisotopic (exact) mass is 455 g/mol. The van der Waals surface area contributed by atoms with Crippen LogP contribution in [0.15, 0.2) is 57.9 Å². The summed E-state index contributed by atoms with van der Waals surface area (Å²) in [5.41, 5.74) is 1.89. The summed E-state index contributed by atoms with van der Waals surface area (Å²) in [6, 6.07) is 14.4. The average Bonchev–Trinajstić information content (AvgIpc) is 3.50. The highest BCUT2D eigenvalue weighted by Gasteiger charge is 2.34. The number of sulfonamides is 1. The van der Waals surface area contributed by atoms with Crippen molar-refractivity contribution >= 4 is 10.0 Å². The molecule has 170 valence electrons. The Balaban J connectivity index is 1.60. The molecule has 1 aliphatic rings. The molecule has 2 aromatic carbocycles. The predicted molar refractivity (Wildman–Crippen MR) is 122 cm³/mol. The highest BCUT2D eigenvalue weighted by molar-refractivity contribution is 7.89. The molecular weight excluding hydrogens is 426 g/mol. The molecule has 0 N–H and O–H groups in total. The van der Waals surface area contributed by atoms with Crippen LogP contribution in [-0.4, -0.2) is 36.0 Å². The molecule has 0 amide bonds. The highest BCUT2D eigenvalue weighted by atomic mass is 32.2. The van der Waals surface area contributed by atoms with E-state index in [0.717, 1.165) is 42.6 Å². The van der Waals surface area contributed by atoms with Crippen LogP contribution < -0.4 is 4.74 Å². The minimum atomic E-state index is -3.70. The quantitative estimate of drug-likeness (QED) is 0.475. The van der Waals surface area contributed by atoms with Gasteiger partial charge in [-0.05, 0) is 60.7 Å². The van der Waals surface area contributed by atoms with E-state index in [2.05, 4.69) is 24.0 Å². The third-order valence-electron chi connectivity index (χ3n) is 5.99. The van der Waals surface area contributed by atoms with E-state index in [9.17, 15) is 8.42 Å². The fraction of sp³-hybridized carbons (Fsp3) is 0.417. The fourth-order valence-corrected chi connectivity index (χ4v) is 5.71. The standard InChI is InChI=1S/C24H29N3O4S/c1-17(2)18-10-14-22(15-11-18)32(28,29)27(20-6-4-5-7-20)16-23-25-24(26-31-23)19-8-12-21(30-3)13-9-19/h8-15,17,20H,4-7,16H2,1-3H3. The van der Waals surface area contributed by atoms with Crippen LogP contribution in [0.3, 0.4) is 0 Å². The van der Waals surface area contributed by atoms with Gasteiger partial charge in [-0.15, -0.1) is 0 Å². The van der Waals surface area contributed by atoms with Crippen LogP contribution in [-0.2, 0) is 16.6 Å². The third kappa shape index (κ3) is 4.71. The van der Waals surface area contributed by atoms with Gasteiger partial charge in [0, 0.05) is 11.6 Å². The van der Waals surface area contributed by atoms with Crippen molar-refractivity contribution in [3.63, 3.8) is 0 Å². The summed E-state index contributed by atoms with van der Waals surface area (Å²) in [5, 5.41) is 4.06. The van der Waals surface area contributed by atoms with Gasteiger partial charge in [-0.2, -0.15) is 9.29 Å². The average molecular weight is 456 g/mol. The van der Waals surface area contributed by atoms with E-state index in [1.807, 2.05) is 36.4 Å². The first kappa shape index (κ1) is 22.5. The second kappa shape index (κ2) is 9.42. The third-order valence-corrected chi connectivity index (χ3v) is 7.91. The molecule has 1 saturated carbocycles. The summed E-state index contributed by atoms with van der Waals surface area (Å²) < 4.78 is 39.3. The molecule has 4 rings (SSSR count). The van der Waals surface area contributed by atoms with E-state index in [-0.39, 0.29) is 18.5 Å². The minimum Gasteiger partial charge on any atom is -0.497 e. The fourth-order valence-electron chi connectivity index (χ4n) is 4.07. The molecular formula is C24H29N3O4S. The number of nitrogens with zero attached hydrogens (tertiary/aromatic N) is 3. The molecule has 0 unspecified atom stereocenters. The summed E-state index contributed by atoms with van der Waals surface area (Å²) >= 11 is 0. The van der Waals surface area contributed by atoms with Crippen molar-refractivity contribution in [1.29, 1.82) is 0 Å². The van der Waals surface area contributed by atoms with Crippen molar-refractivity contribution in [2.45, 2.75) is 62.9 Å². The van der Waals surface area contributed by atoms with Crippen LogP contribution in [0, 0.1) is 0 Å². The largest absolute Gasteiger partial charge is 0.497 e. The maximum absolute atomic E-state index is 13.6. The van der Waals surface area contributed by atoms with Gasteiger partial charge in [0.2, 0.25) is 21.7 Å². The van der Waals surface area contributed by atoms with Crippen LogP contribution in [0.25, 0.3) is 11.4 Å². The second-order valence-corrected chi connectivity index (χ2v) is 10.3. The smallest absolute Gasteiger partial charge is 0.243 e. The minimum absolute atomic E-state index is 0.0576. The maximum atomic E-state index is 13.6. The zero-order chi connectivity index (χ0) is 22.7. The molecule has 1 heterocycles. The zero-order valence-electron chi connectivity index (χ0n) is 18.7. The van der Waals surface area contributed by atoms with Crippen molar-refractivity contribution in [3.05, 3.63) is 60.0 Å². The van der Waals surface area contributed by atoms with Gasteiger partial charge < -0.3 is 9.26 Å². The van der Waals surface area contributed by atoms with Crippen molar-refractivity contribution in [2.24, 2.45) is 0 Å². The lowest BCUT2D eigenvalue weighted by atomic mass is 10.0. The molecule has 8 heteroatoms. The highest BCUT2D eigenvalue weighted by Crippen LogP contribution is 2.31. The van der Waals surface area contributed by atoms with Gasteiger partial charge in [0.1, 0.15) is 5.75 Å². The first-order valence-corrected chi connectivity index (χ1v) is 12.4. The van der Waals surface area contributed by atoms with Crippen LogP contribution >= 0.6 is 0 Å². The van der Waals surface area contributed by atoms with Gasteiger partial charge in [0.05, 0.1) is 18.6 Å². The van der Waals surface area contributed by atoms with Gasteiger partial charge in [-0.3, -0.25) is 0 Å². The molecule has 0 bridgehead atoms. The normalized spacial score (nSPS) is 15.0. The van der Waals surface area contributed by atoms with E-state index < -0.39 is 10.0 Å². The SMILES string of the molecule is COc1ccc(-c2noc(CN(C3CCCC3)S(=O)(=O)c3ccc(C(C)C)cc3)n2)cc1. The van der Waals surface area contributed by atoms with Crippen LogP contribution in [0.1, 0.15) is 56.9 Å². The number of methoxy groups -OCH3 is 1. The molecule has 0 saturated heterocycles. The summed E-state index contributed by atoms with van der Waals surface area (Å²) in [4.78, 5) is 4.76. The first-order valence-electron chi connectivity index (χ1n) is 11.0. The lowest BCUT2D eigenvalue weighted by Gasteiger charge is -2.26. The Morgan fingerprint density at radius 2 is 1.72 bits per heavy atom. The van der Waals surface area contributed by atoms with Crippen molar-refractivity contribution < 1.29 is 17.7 Å². The zero-order valence-corrected chi connectivity index (χ0v) is 19.5. The van der Waals surface area contributed by atoms with E-state index in [1.54, 1.807) is 19.2 Å². The number of ether oxygens (including phenoxy) is 1. The summed E-state index contributed by atoms with van der Waals surface area (Å²) in [6.07, 6.45) is 3.71. The van der Waals surface area contributed by atoms with Crippen LogP contribution in [0.5, 0.6) is 5.75 Å². The summed E-state index contributed by atoms with van der Waals surface area (Å²) in [6.45, 7) is 4.23. The Morgan fingerprint density at radius 1 is 1.06 bits per heavy atom. The lowest BCUT2D eigenvalue weighted by molar-refractivity contribution is 0.268. The maximum Gasteiger partial charge on any atom is 0.243 e. The Hall–Kier alpha value is -2.71. The summed E-state index contributed by atoms with van der Waals surface area (Å²) in [5.74, 6) is 1.78. The second-order valence-electron chi connectivity index (χ2n) is 8.45. The first-order chi connectivity index (χ1) is 15.4. The molecule has 1 aromatic heterocycles. The molecule has 7 nitrogen and oxygen atoms in total. The predicted octanol–water partition coefficient (Wildman–Crippen LogP) is 5.00. The Kier molecular flexibility index (Phi) is 6.62. The number of benzene rings is 2. The number of hydrogen-bond donors (Lipinski definition) is 0. The van der Waals surface area contributed by atoms with Crippen molar-refractivity contribution in [2.75, 3.05) is 7.11 Å². The van der Waals surface area contributed by atoms with E-state index in [0.29, 0.717) is 16.6 Å². The van der Waals surface area contributed by atoms with E-state index in [4.69, 9.17) is 9.26 Å². The van der Waals surface area contributed by atoms with E-state index >= 15 is 0 Å². The Bertz CT molecular complexity index is 1130. The molecule has 0 radical (unpaired) electrons. The molecule has 1 fully saturated rings. The van der Waals surface area contributed by atoms with E-state index in [1.165, 1.54) is 4.31 Å². The topological polar surface area (TPSA) is 85.5 Å². The Labute approximate surface area is 189 Å². The molecule has 0 spiro atoms. The molecule has 1 aliphatic carbocycles. The molecule has 32 heavy (non-hydrogen) atoms. The van der Waals surface area contributed by atoms with Gasteiger partial charge in [-0.1, -0.05) is 44.0 Å².